The number of ether oxygens (including phenoxy) is 3. The van der Waals surface area contributed by atoms with Crippen LogP contribution in [0.3, 0.4) is 0 Å². The Morgan fingerprint density at radius 1 is 1.09 bits per heavy atom. The SMILES string of the molecule is CCCCC(=O)OC1CC1c1cc(Cl)c(OCC(F)(F)F)c(-c2ccc(OC(F)(F)F)cc2)c1. The smallest absolute Gasteiger partial charge is 0.482 e. The molecule has 11 heteroatoms. The molecule has 2 unspecified atom stereocenters. The summed E-state index contributed by atoms with van der Waals surface area (Å²) in [4.78, 5) is 11.9. The normalized spacial score (nSPS) is 17.9. The summed E-state index contributed by atoms with van der Waals surface area (Å²) in [5, 5.41) is -0.102. The molecule has 3 rings (SSSR count). The van der Waals surface area contributed by atoms with E-state index in [-0.39, 0.29) is 39.9 Å². The number of alkyl halides is 6. The van der Waals surface area contributed by atoms with Gasteiger partial charge in [-0.1, -0.05) is 37.1 Å². The highest BCUT2D eigenvalue weighted by molar-refractivity contribution is 6.32. The van der Waals surface area contributed by atoms with Crippen molar-refractivity contribution in [1.82, 2.24) is 0 Å². The van der Waals surface area contributed by atoms with E-state index in [1.807, 2.05) is 6.92 Å². The van der Waals surface area contributed by atoms with Gasteiger partial charge in [0.15, 0.2) is 6.61 Å². The number of esters is 1. The van der Waals surface area contributed by atoms with Crippen LogP contribution in [0.15, 0.2) is 36.4 Å². The number of hydrogen-bond donors (Lipinski definition) is 0. The molecule has 1 fully saturated rings. The van der Waals surface area contributed by atoms with E-state index >= 15 is 0 Å². The average molecular weight is 511 g/mol. The molecule has 0 aliphatic heterocycles. The van der Waals surface area contributed by atoms with E-state index in [0.717, 1.165) is 18.6 Å². The van der Waals surface area contributed by atoms with Gasteiger partial charge in [0.2, 0.25) is 0 Å². The molecule has 2 aromatic carbocycles. The summed E-state index contributed by atoms with van der Waals surface area (Å²) in [6.45, 7) is 0.344. The van der Waals surface area contributed by atoms with E-state index < -0.39 is 24.9 Å². The van der Waals surface area contributed by atoms with Crippen molar-refractivity contribution in [1.29, 1.82) is 0 Å². The first kappa shape index (κ1) is 26.0. The van der Waals surface area contributed by atoms with Gasteiger partial charge in [0.1, 0.15) is 17.6 Å². The van der Waals surface area contributed by atoms with Gasteiger partial charge in [0.25, 0.3) is 0 Å². The Labute approximate surface area is 196 Å². The number of benzene rings is 2. The number of rotatable bonds is 9. The van der Waals surface area contributed by atoms with Crippen molar-refractivity contribution in [3.05, 3.63) is 47.0 Å². The number of halogens is 7. The van der Waals surface area contributed by atoms with Gasteiger partial charge in [-0.2, -0.15) is 13.2 Å². The van der Waals surface area contributed by atoms with E-state index in [1.54, 1.807) is 6.07 Å². The van der Waals surface area contributed by atoms with Crippen LogP contribution in [0.5, 0.6) is 11.5 Å². The lowest BCUT2D eigenvalue weighted by molar-refractivity contribution is -0.274. The van der Waals surface area contributed by atoms with Gasteiger partial charge in [0.05, 0.1) is 5.02 Å². The molecule has 1 aliphatic rings. The minimum atomic E-state index is -4.89. The summed E-state index contributed by atoms with van der Waals surface area (Å²) < 4.78 is 89.8. The van der Waals surface area contributed by atoms with E-state index in [0.29, 0.717) is 24.8 Å². The summed E-state index contributed by atoms with van der Waals surface area (Å²) in [6.07, 6.45) is -7.53. The fourth-order valence-electron chi connectivity index (χ4n) is 3.38. The number of carbonyl (C=O) groups excluding carboxylic acids is 1. The molecule has 0 heterocycles. The molecule has 0 radical (unpaired) electrons. The lowest BCUT2D eigenvalue weighted by Crippen LogP contribution is -2.19. The molecule has 0 aromatic heterocycles. The molecule has 0 saturated heterocycles. The summed E-state index contributed by atoms with van der Waals surface area (Å²) in [5.41, 5.74) is 1.05. The molecule has 0 spiro atoms. The first-order valence-electron chi connectivity index (χ1n) is 10.4. The van der Waals surface area contributed by atoms with Crippen LogP contribution in [-0.4, -0.2) is 31.2 Å². The Bertz CT molecular complexity index is 1000. The Hall–Kier alpha value is -2.62. The topological polar surface area (TPSA) is 44.8 Å². The quantitative estimate of drug-likeness (QED) is 0.260. The molecule has 186 valence electrons. The van der Waals surface area contributed by atoms with Crippen LogP contribution in [-0.2, 0) is 9.53 Å². The second-order valence-corrected chi connectivity index (χ2v) is 8.24. The van der Waals surface area contributed by atoms with Crippen LogP contribution in [0.1, 0.15) is 44.1 Å². The molecule has 0 amide bonds. The second kappa shape index (κ2) is 10.3. The molecule has 2 atom stereocenters. The Kier molecular flexibility index (Phi) is 7.90. The van der Waals surface area contributed by atoms with Crippen molar-refractivity contribution in [2.24, 2.45) is 0 Å². The third-order valence-corrected chi connectivity index (χ3v) is 5.30. The lowest BCUT2D eigenvalue weighted by Gasteiger charge is -2.17. The highest BCUT2D eigenvalue weighted by atomic mass is 35.5. The van der Waals surface area contributed by atoms with Gasteiger partial charge in [-0.25, -0.2) is 0 Å². The summed E-state index contributed by atoms with van der Waals surface area (Å²) in [7, 11) is 0. The molecular weight excluding hydrogens is 490 g/mol. The van der Waals surface area contributed by atoms with Gasteiger partial charge < -0.3 is 14.2 Å². The Morgan fingerprint density at radius 3 is 2.35 bits per heavy atom. The van der Waals surface area contributed by atoms with E-state index in [2.05, 4.69) is 4.74 Å². The first-order valence-corrected chi connectivity index (χ1v) is 10.8. The third-order valence-electron chi connectivity index (χ3n) is 5.02. The zero-order valence-electron chi connectivity index (χ0n) is 17.9. The average Bonchev–Trinajstić information content (AvgIpc) is 3.48. The van der Waals surface area contributed by atoms with Crippen molar-refractivity contribution in [3.8, 4) is 22.6 Å². The maximum Gasteiger partial charge on any atom is 0.573 e. The van der Waals surface area contributed by atoms with Crippen LogP contribution >= 0.6 is 11.6 Å². The van der Waals surface area contributed by atoms with Crippen molar-refractivity contribution in [2.75, 3.05) is 6.61 Å². The molecule has 0 N–H and O–H groups in total. The van der Waals surface area contributed by atoms with Crippen LogP contribution < -0.4 is 9.47 Å². The van der Waals surface area contributed by atoms with Crippen LogP contribution in [0, 0.1) is 0 Å². The molecule has 2 aromatic rings. The molecule has 34 heavy (non-hydrogen) atoms. The lowest BCUT2D eigenvalue weighted by atomic mass is 9.99. The molecule has 0 bridgehead atoms. The summed E-state index contributed by atoms with van der Waals surface area (Å²) in [6, 6.07) is 7.57. The predicted octanol–water partition coefficient (Wildman–Crippen LogP) is 7.44. The maximum absolute atomic E-state index is 12.8. The Balaban J connectivity index is 1.88. The van der Waals surface area contributed by atoms with Crippen molar-refractivity contribution < 1.29 is 45.3 Å². The Morgan fingerprint density at radius 2 is 1.76 bits per heavy atom. The fourth-order valence-corrected chi connectivity index (χ4v) is 3.66. The van der Waals surface area contributed by atoms with Crippen molar-refractivity contribution in [2.45, 2.75) is 57.2 Å². The van der Waals surface area contributed by atoms with Crippen LogP contribution in [0.2, 0.25) is 5.02 Å². The summed E-state index contributed by atoms with van der Waals surface area (Å²) >= 11 is 6.25. The van der Waals surface area contributed by atoms with E-state index in [9.17, 15) is 31.1 Å². The minimum absolute atomic E-state index is 0.102. The largest absolute Gasteiger partial charge is 0.573 e. The standard InChI is InChI=1S/C23H21ClF6O4/c1-2-3-4-20(31)33-19-11-16(19)14-9-17(21(18(24)10-14)32-12-22(25,26)27)13-5-7-15(8-6-13)34-23(28,29)30/h5-10,16,19H,2-4,11-12H2,1H3. The number of carbonyl (C=O) groups is 1. The fraction of sp³-hybridized carbons (Fsp3) is 0.435. The minimum Gasteiger partial charge on any atom is -0.482 e. The van der Waals surface area contributed by atoms with Crippen molar-refractivity contribution in [3.63, 3.8) is 0 Å². The highest BCUT2D eigenvalue weighted by Gasteiger charge is 2.42. The van der Waals surface area contributed by atoms with Crippen molar-refractivity contribution >= 4 is 17.6 Å². The van der Waals surface area contributed by atoms with E-state index in [4.69, 9.17) is 21.1 Å². The third kappa shape index (κ3) is 7.44. The number of unbranched alkanes of at least 4 members (excludes halogenated alkanes) is 1. The second-order valence-electron chi connectivity index (χ2n) is 7.83. The zero-order chi connectivity index (χ0) is 25.1. The maximum atomic E-state index is 12.8. The monoisotopic (exact) mass is 510 g/mol. The van der Waals surface area contributed by atoms with Gasteiger partial charge in [-0.05, 0) is 48.2 Å². The van der Waals surface area contributed by atoms with E-state index in [1.165, 1.54) is 18.2 Å². The first-order chi connectivity index (χ1) is 15.9. The van der Waals surface area contributed by atoms with Gasteiger partial charge in [0, 0.05) is 17.9 Å². The van der Waals surface area contributed by atoms with Gasteiger partial charge in [-0.3, -0.25) is 4.79 Å². The highest BCUT2D eigenvalue weighted by Crippen LogP contribution is 2.48. The number of hydrogen-bond acceptors (Lipinski definition) is 4. The summed E-state index contributed by atoms with van der Waals surface area (Å²) in [5.74, 6) is -1.28. The predicted molar refractivity (Wildman–Crippen MR) is 112 cm³/mol. The molecule has 1 aliphatic carbocycles. The molecular formula is C23H21ClF6O4. The van der Waals surface area contributed by atoms with Crippen LogP contribution in [0.25, 0.3) is 11.1 Å². The van der Waals surface area contributed by atoms with Gasteiger partial charge >= 0.3 is 18.5 Å². The molecule has 1 saturated carbocycles. The van der Waals surface area contributed by atoms with Crippen LogP contribution in [0.4, 0.5) is 26.3 Å². The zero-order valence-corrected chi connectivity index (χ0v) is 18.7. The molecule has 4 nitrogen and oxygen atoms in total. The van der Waals surface area contributed by atoms with Gasteiger partial charge in [-0.15, -0.1) is 13.2 Å².